The van der Waals surface area contributed by atoms with Crippen molar-refractivity contribution >= 4 is 23.2 Å². The van der Waals surface area contributed by atoms with Gasteiger partial charge in [-0.05, 0) is 49.2 Å². The highest BCUT2D eigenvalue weighted by Crippen LogP contribution is 2.46. The van der Waals surface area contributed by atoms with E-state index in [1.807, 2.05) is 6.92 Å². The zero-order valence-corrected chi connectivity index (χ0v) is 15.5. The summed E-state index contributed by atoms with van der Waals surface area (Å²) in [6, 6.07) is 5.70. The minimum Gasteiger partial charge on any atom is -0.453 e. The van der Waals surface area contributed by atoms with Crippen molar-refractivity contribution < 1.29 is 27.1 Å². The molecule has 2 aromatic rings. The van der Waals surface area contributed by atoms with Crippen molar-refractivity contribution in [1.29, 1.82) is 0 Å². The smallest absolute Gasteiger partial charge is 0.416 e. The Labute approximate surface area is 158 Å². The van der Waals surface area contributed by atoms with Gasteiger partial charge < -0.3 is 9.64 Å². The maximum Gasteiger partial charge on any atom is 0.416 e. The van der Waals surface area contributed by atoms with Gasteiger partial charge in [0.05, 0.1) is 16.0 Å². The molecule has 0 bridgehead atoms. The van der Waals surface area contributed by atoms with Gasteiger partial charge in [-0.3, -0.25) is 4.79 Å². The van der Waals surface area contributed by atoms with Crippen LogP contribution in [-0.2, 0) is 16.4 Å². The number of likely N-dealkylation sites (N-methyl/N-ethyl adjacent to an activating group) is 1. The second kappa shape index (κ2) is 6.41. The number of amides is 1. The third-order valence-electron chi connectivity index (χ3n) is 4.95. The average Bonchev–Trinajstić information content (AvgIpc) is 2.79. The topological polar surface area (TPSA) is 29.5 Å². The highest BCUT2D eigenvalue weighted by molar-refractivity contribution is 6.32. The first-order valence-corrected chi connectivity index (χ1v) is 8.53. The SMILES string of the molecule is CCC1(C)C(=O)N(C)c2ccc(Oc3c(F)cc(C(F)(F)F)cc3Cl)cc21. The van der Waals surface area contributed by atoms with Crippen LogP contribution < -0.4 is 9.64 Å². The van der Waals surface area contributed by atoms with Crippen LogP contribution in [0.4, 0.5) is 23.2 Å². The minimum atomic E-state index is -4.72. The van der Waals surface area contributed by atoms with E-state index >= 15 is 0 Å². The highest BCUT2D eigenvalue weighted by Gasteiger charge is 2.44. The summed E-state index contributed by atoms with van der Waals surface area (Å²) in [6.07, 6.45) is -4.17. The number of nitrogens with zero attached hydrogens (tertiary/aromatic N) is 1. The molecule has 0 saturated carbocycles. The van der Waals surface area contributed by atoms with Crippen molar-refractivity contribution in [3.8, 4) is 11.5 Å². The number of hydrogen-bond acceptors (Lipinski definition) is 2. The molecule has 27 heavy (non-hydrogen) atoms. The number of carbonyl (C=O) groups is 1. The van der Waals surface area contributed by atoms with E-state index in [1.165, 1.54) is 11.0 Å². The van der Waals surface area contributed by atoms with E-state index in [2.05, 4.69) is 0 Å². The van der Waals surface area contributed by atoms with Crippen LogP contribution in [0.5, 0.6) is 11.5 Å². The summed E-state index contributed by atoms with van der Waals surface area (Å²) in [5.41, 5.74) is -0.544. The lowest BCUT2D eigenvalue weighted by molar-refractivity contribution is -0.137. The van der Waals surface area contributed by atoms with Crippen LogP contribution in [0.25, 0.3) is 0 Å². The van der Waals surface area contributed by atoms with Gasteiger partial charge >= 0.3 is 6.18 Å². The summed E-state index contributed by atoms with van der Waals surface area (Å²) in [5, 5.41) is -0.491. The van der Waals surface area contributed by atoms with Crippen LogP contribution >= 0.6 is 11.6 Å². The number of rotatable bonds is 3. The Kier molecular flexibility index (Phi) is 4.62. The molecule has 0 fully saturated rings. The fourth-order valence-electron chi connectivity index (χ4n) is 3.19. The van der Waals surface area contributed by atoms with Crippen LogP contribution in [0.2, 0.25) is 5.02 Å². The van der Waals surface area contributed by atoms with Gasteiger partial charge in [-0.1, -0.05) is 18.5 Å². The van der Waals surface area contributed by atoms with E-state index in [4.69, 9.17) is 16.3 Å². The molecule has 2 aromatic carbocycles. The summed E-state index contributed by atoms with van der Waals surface area (Å²) in [4.78, 5) is 14.1. The fraction of sp³-hybridized carbons (Fsp3) is 0.316. The Bertz CT molecular complexity index is 905. The van der Waals surface area contributed by atoms with Crippen LogP contribution in [0, 0.1) is 5.82 Å². The standard InChI is InChI=1S/C19H16ClF4NO2/c1-4-18(2)12-9-11(5-6-15(12)25(3)17(18)26)27-16-13(20)7-10(8-14(16)21)19(22,23)24/h5-9H,4H2,1-3H3. The molecule has 0 radical (unpaired) electrons. The third kappa shape index (κ3) is 3.14. The predicted octanol–water partition coefficient (Wildman–Crippen LogP) is 5.93. The first kappa shape index (κ1) is 19.5. The molecule has 1 atom stereocenters. The maximum atomic E-state index is 14.2. The molecule has 0 saturated heterocycles. The lowest BCUT2D eigenvalue weighted by Crippen LogP contribution is -2.35. The number of hydrogen-bond donors (Lipinski definition) is 0. The fourth-order valence-corrected chi connectivity index (χ4v) is 3.43. The third-order valence-corrected chi connectivity index (χ3v) is 5.23. The highest BCUT2D eigenvalue weighted by atomic mass is 35.5. The predicted molar refractivity (Wildman–Crippen MR) is 94.0 cm³/mol. The largest absolute Gasteiger partial charge is 0.453 e. The summed E-state index contributed by atoms with van der Waals surface area (Å²) in [7, 11) is 1.66. The van der Waals surface area contributed by atoms with Gasteiger partial charge in [0, 0.05) is 12.7 Å². The first-order valence-electron chi connectivity index (χ1n) is 8.16. The second-order valence-electron chi connectivity index (χ2n) is 6.60. The zero-order chi connectivity index (χ0) is 20.1. The van der Waals surface area contributed by atoms with Crippen molar-refractivity contribution in [2.24, 2.45) is 0 Å². The molecular formula is C19H16ClF4NO2. The molecule has 0 aliphatic carbocycles. The molecular weight excluding hydrogens is 386 g/mol. The Morgan fingerprint density at radius 1 is 1.22 bits per heavy atom. The van der Waals surface area contributed by atoms with Crippen LogP contribution in [0.3, 0.4) is 0 Å². The summed E-state index contributed by atoms with van der Waals surface area (Å²) < 4.78 is 57.9. The van der Waals surface area contributed by atoms with Gasteiger partial charge in [0.1, 0.15) is 5.75 Å². The molecule has 144 valence electrons. The van der Waals surface area contributed by atoms with Gasteiger partial charge in [-0.25, -0.2) is 4.39 Å². The van der Waals surface area contributed by atoms with E-state index in [-0.39, 0.29) is 11.7 Å². The van der Waals surface area contributed by atoms with Gasteiger partial charge in [0.15, 0.2) is 11.6 Å². The summed E-state index contributed by atoms with van der Waals surface area (Å²) >= 11 is 5.81. The molecule has 3 nitrogen and oxygen atoms in total. The van der Waals surface area contributed by atoms with Crippen molar-refractivity contribution in [3.63, 3.8) is 0 Å². The Morgan fingerprint density at radius 2 is 1.89 bits per heavy atom. The molecule has 0 spiro atoms. The number of benzene rings is 2. The van der Waals surface area contributed by atoms with Crippen molar-refractivity contribution in [2.75, 3.05) is 11.9 Å². The quantitative estimate of drug-likeness (QED) is 0.596. The Balaban J connectivity index is 2.01. The number of alkyl halides is 3. The van der Waals surface area contributed by atoms with Crippen LogP contribution in [-0.4, -0.2) is 13.0 Å². The van der Waals surface area contributed by atoms with E-state index < -0.39 is 33.7 Å². The monoisotopic (exact) mass is 401 g/mol. The second-order valence-corrected chi connectivity index (χ2v) is 7.00. The van der Waals surface area contributed by atoms with Gasteiger partial charge in [0.2, 0.25) is 5.91 Å². The zero-order valence-electron chi connectivity index (χ0n) is 14.7. The van der Waals surface area contributed by atoms with Crippen molar-refractivity contribution in [2.45, 2.75) is 31.9 Å². The number of anilines is 1. The first-order chi connectivity index (χ1) is 12.5. The van der Waals surface area contributed by atoms with E-state index in [0.717, 1.165) is 0 Å². The van der Waals surface area contributed by atoms with Crippen molar-refractivity contribution in [3.05, 3.63) is 52.3 Å². The van der Waals surface area contributed by atoms with Gasteiger partial charge in [-0.15, -0.1) is 0 Å². The average molecular weight is 402 g/mol. The number of fused-ring (bicyclic) bond motifs is 1. The van der Waals surface area contributed by atoms with E-state index in [0.29, 0.717) is 29.8 Å². The van der Waals surface area contributed by atoms with E-state index in [9.17, 15) is 22.4 Å². The maximum absolute atomic E-state index is 14.2. The molecule has 1 aliphatic heterocycles. The molecule has 8 heteroatoms. The van der Waals surface area contributed by atoms with Crippen LogP contribution in [0.1, 0.15) is 31.4 Å². The van der Waals surface area contributed by atoms with Gasteiger partial charge in [-0.2, -0.15) is 13.2 Å². The molecule has 1 amide bonds. The molecule has 1 heterocycles. The normalized spacial score (nSPS) is 19.4. The molecule has 0 N–H and O–H groups in total. The number of carbonyl (C=O) groups excluding carboxylic acids is 1. The Morgan fingerprint density at radius 3 is 2.44 bits per heavy atom. The van der Waals surface area contributed by atoms with Crippen LogP contribution in [0.15, 0.2) is 30.3 Å². The molecule has 0 aromatic heterocycles. The number of halogens is 5. The molecule has 1 unspecified atom stereocenters. The van der Waals surface area contributed by atoms with E-state index in [1.54, 1.807) is 26.1 Å². The summed E-state index contributed by atoms with van der Waals surface area (Å²) in [5.74, 6) is -1.62. The molecule has 3 rings (SSSR count). The number of ether oxygens (including phenoxy) is 1. The molecule has 1 aliphatic rings. The van der Waals surface area contributed by atoms with Crippen molar-refractivity contribution in [1.82, 2.24) is 0 Å². The Hall–Kier alpha value is -2.28. The minimum absolute atomic E-state index is 0.0732. The lowest BCUT2D eigenvalue weighted by atomic mass is 9.81. The lowest BCUT2D eigenvalue weighted by Gasteiger charge is -2.21. The summed E-state index contributed by atoms with van der Waals surface area (Å²) in [6.45, 7) is 3.67. The van der Waals surface area contributed by atoms with Gasteiger partial charge in [0.25, 0.3) is 0 Å².